The molecule has 2 aliphatic rings. The summed E-state index contributed by atoms with van der Waals surface area (Å²) < 4.78 is 28.3. The molecule has 6 nitrogen and oxygen atoms in total. The molecule has 0 bridgehead atoms. The number of piperazine rings is 1. The van der Waals surface area contributed by atoms with Gasteiger partial charge in [0.15, 0.2) is 0 Å². The van der Waals surface area contributed by atoms with Gasteiger partial charge >= 0.3 is 0 Å². The molecule has 124 valence electrons. The molecule has 0 amide bonds. The molecule has 0 radical (unpaired) electrons. The third-order valence-electron chi connectivity index (χ3n) is 4.34. The number of rotatable bonds is 5. The van der Waals surface area contributed by atoms with Gasteiger partial charge in [-0.25, -0.2) is 4.98 Å². The van der Waals surface area contributed by atoms with Crippen LogP contribution in [0.15, 0.2) is 5.38 Å². The van der Waals surface area contributed by atoms with Crippen LogP contribution in [0.2, 0.25) is 0 Å². The highest BCUT2D eigenvalue weighted by Crippen LogP contribution is 2.19. The largest absolute Gasteiger partial charge is 0.295 e. The van der Waals surface area contributed by atoms with Crippen molar-refractivity contribution in [2.75, 3.05) is 39.3 Å². The minimum Gasteiger partial charge on any atom is -0.295 e. The Kier molecular flexibility index (Phi) is 5.13. The van der Waals surface area contributed by atoms with E-state index in [2.05, 4.69) is 22.2 Å². The van der Waals surface area contributed by atoms with Crippen LogP contribution >= 0.6 is 11.3 Å². The van der Waals surface area contributed by atoms with Gasteiger partial charge in [-0.15, -0.1) is 11.3 Å². The second kappa shape index (κ2) is 6.92. The smallest absolute Gasteiger partial charge is 0.282 e. The summed E-state index contributed by atoms with van der Waals surface area (Å²) in [6.07, 6.45) is 2.96. The molecule has 2 aliphatic heterocycles. The minimum absolute atomic E-state index is 0.587. The molecule has 8 heteroatoms. The average Bonchev–Trinajstić information content (AvgIpc) is 3.19. The molecule has 0 unspecified atom stereocenters. The molecule has 22 heavy (non-hydrogen) atoms. The van der Waals surface area contributed by atoms with E-state index < -0.39 is 10.2 Å². The van der Waals surface area contributed by atoms with Gasteiger partial charge in [-0.05, 0) is 19.3 Å². The summed E-state index contributed by atoms with van der Waals surface area (Å²) in [5.41, 5.74) is 1.11. The predicted molar refractivity (Wildman–Crippen MR) is 88.1 cm³/mol. The predicted octanol–water partition coefficient (Wildman–Crippen LogP) is 1.16. The molecule has 1 aromatic rings. The van der Waals surface area contributed by atoms with E-state index in [1.807, 2.05) is 0 Å². The van der Waals surface area contributed by atoms with Crippen molar-refractivity contribution < 1.29 is 8.42 Å². The van der Waals surface area contributed by atoms with Crippen molar-refractivity contribution >= 4 is 21.5 Å². The minimum atomic E-state index is -3.23. The maximum atomic E-state index is 12.5. The zero-order chi connectivity index (χ0) is 15.6. The lowest BCUT2D eigenvalue weighted by atomic mass is 10.3. The molecule has 3 heterocycles. The molecule has 0 atom stereocenters. The summed E-state index contributed by atoms with van der Waals surface area (Å²) in [6.45, 7) is 7.05. The van der Waals surface area contributed by atoms with E-state index >= 15 is 0 Å². The van der Waals surface area contributed by atoms with Crippen LogP contribution in [0.3, 0.4) is 0 Å². The Morgan fingerprint density at radius 3 is 2.32 bits per heavy atom. The van der Waals surface area contributed by atoms with Crippen LogP contribution in [0.25, 0.3) is 0 Å². The van der Waals surface area contributed by atoms with Gasteiger partial charge in [-0.1, -0.05) is 6.92 Å². The Balaban J connectivity index is 1.53. The highest BCUT2D eigenvalue weighted by molar-refractivity contribution is 7.86. The summed E-state index contributed by atoms with van der Waals surface area (Å²) in [7, 11) is -3.23. The number of hydrogen-bond acceptors (Lipinski definition) is 5. The van der Waals surface area contributed by atoms with Crippen molar-refractivity contribution in [1.29, 1.82) is 0 Å². The fraction of sp³-hybridized carbons (Fsp3) is 0.786. The van der Waals surface area contributed by atoms with E-state index in [1.54, 1.807) is 19.9 Å². The van der Waals surface area contributed by atoms with Crippen LogP contribution in [-0.2, 0) is 23.2 Å². The van der Waals surface area contributed by atoms with E-state index in [9.17, 15) is 8.42 Å². The van der Waals surface area contributed by atoms with Gasteiger partial charge < -0.3 is 0 Å². The maximum Gasteiger partial charge on any atom is 0.282 e. The highest BCUT2D eigenvalue weighted by atomic mass is 32.2. The topological polar surface area (TPSA) is 56.8 Å². The van der Waals surface area contributed by atoms with Crippen LogP contribution in [-0.4, -0.2) is 66.2 Å². The van der Waals surface area contributed by atoms with Crippen molar-refractivity contribution in [3.05, 3.63) is 16.1 Å². The van der Waals surface area contributed by atoms with Crippen LogP contribution in [0.4, 0.5) is 0 Å². The molecule has 0 N–H and O–H groups in total. The van der Waals surface area contributed by atoms with Gasteiger partial charge in [0, 0.05) is 51.2 Å². The first-order chi connectivity index (χ1) is 10.6. The average molecular weight is 345 g/mol. The molecular formula is C14H24N4O2S2. The number of hydrogen-bond donors (Lipinski definition) is 0. The van der Waals surface area contributed by atoms with E-state index in [1.165, 1.54) is 5.01 Å². The van der Waals surface area contributed by atoms with E-state index in [0.717, 1.165) is 44.6 Å². The van der Waals surface area contributed by atoms with Crippen LogP contribution in [0, 0.1) is 0 Å². The fourth-order valence-electron chi connectivity index (χ4n) is 3.01. The van der Waals surface area contributed by atoms with E-state index in [0.29, 0.717) is 26.2 Å². The van der Waals surface area contributed by atoms with Crippen molar-refractivity contribution in [3.8, 4) is 0 Å². The van der Waals surface area contributed by atoms with Gasteiger partial charge in [0.25, 0.3) is 10.2 Å². The second-order valence-electron chi connectivity index (χ2n) is 5.88. The first-order valence-electron chi connectivity index (χ1n) is 8.00. The zero-order valence-corrected chi connectivity index (χ0v) is 14.7. The Labute approximate surface area is 136 Å². The van der Waals surface area contributed by atoms with Crippen molar-refractivity contribution in [2.45, 2.75) is 32.7 Å². The lowest BCUT2D eigenvalue weighted by Crippen LogP contribution is -2.52. The molecule has 0 saturated carbocycles. The summed E-state index contributed by atoms with van der Waals surface area (Å²) in [6, 6.07) is 0. The van der Waals surface area contributed by atoms with Crippen LogP contribution in [0.5, 0.6) is 0 Å². The Morgan fingerprint density at radius 1 is 1.09 bits per heavy atom. The fourth-order valence-corrected chi connectivity index (χ4v) is 5.42. The molecule has 3 rings (SSSR count). The van der Waals surface area contributed by atoms with Crippen molar-refractivity contribution in [1.82, 2.24) is 18.5 Å². The lowest BCUT2D eigenvalue weighted by Gasteiger charge is -2.35. The lowest BCUT2D eigenvalue weighted by molar-refractivity contribution is 0.174. The second-order valence-corrected chi connectivity index (χ2v) is 8.75. The summed E-state index contributed by atoms with van der Waals surface area (Å²) in [5.74, 6) is 0. The number of nitrogens with zero attached hydrogens (tertiary/aromatic N) is 4. The van der Waals surface area contributed by atoms with Gasteiger partial charge in [0.05, 0.1) is 10.7 Å². The van der Waals surface area contributed by atoms with Gasteiger partial charge in [-0.3, -0.25) is 4.90 Å². The summed E-state index contributed by atoms with van der Waals surface area (Å²) in [5, 5.41) is 3.29. The van der Waals surface area contributed by atoms with Crippen LogP contribution in [0.1, 0.15) is 30.5 Å². The molecule has 0 aliphatic carbocycles. The first-order valence-corrected chi connectivity index (χ1v) is 10.3. The quantitative estimate of drug-likeness (QED) is 0.804. The van der Waals surface area contributed by atoms with Crippen molar-refractivity contribution in [2.24, 2.45) is 0 Å². The van der Waals surface area contributed by atoms with Gasteiger partial charge in [0.2, 0.25) is 0 Å². The van der Waals surface area contributed by atoms with E-state index in [4.69, 9.17) is 0 Å². The first kappa shape index (κ1) is 16.3. The van der Waals surface area contributed by atoms with Gasteiger partial charge in [-0.2, -0.15) is 17.0 Å². The normalized spacial score (nSPS) is 22.4. The molecule has 0 aromatic carbocycles. The number of aryl methyl sites for hydroxylation is 1. The Morgan fingerprint density at radius 2 is 1.73 bits per heavy atom. The van der Waals surface area contributed by atoms with Crippen LogP contribution < -0.4 is 0 Å². The monoisotopic (exact) mass is 344 g/mol. The van der Waals surface area contributed by atoms with Gasteiger partial charge in [0.1, 0.15) is 0 Å². The molecule has 0 spiro atoms. The summed E-state index contributed by atoms with van der Waals surface area (Å²) in [4.78, 5) is 6.89. The third kappa shape index (κ3) is 3.51. The Hall–Kier alpha value is -0.540. The molecule has 1 aromatic heterocycles. The number of thiazole rings is 1. The highest BCUT2D eigenvalue weighted by Gasteiger charge is 2.33. The summed E-state index contributed by atoms with van der Waals surface area (Å²) >= 11 is 1.71. The van der Waals surface area contributed by atoms with E-state index in [-0.39, 0.29) is 0 Å². The molecular weight excluding hydrogens is 320 g/mol. The molecule has 2 fully saturated rings. The van der Waals surface area contributed by atoms with Crippen molar-refractivity contribution in [3.63, 3.8) is 0 Å². The molecule has 2 saturated heterocycles. The third-order valence-corrected chi connectivity index (χ3v) is 7.41. The zero-order valence-electron chi connectivity index (χ0n) is 13.1. The SMILES string of the molecule is CCc1nc(CN2CCN(S(=O)(=O)N3CCCC3)CC2)cs1. The number of aromatic nitrogens is 1. The standard InChI is InChI=1S/C14H24N4O2S2/c1-2-14-15-13(12-21-14)11-16-7-9-18(10-8-16)22(19,20)17-5-3-4-6-17/h12H,2-11H2,1H3. The maximum absolute atomic E-state index is 12.5. The Bertz CT molecular complexity index is 588.